The Hall–Kier alpha value is -3.23. The number of hydrogen-bond donors (Lipinski definition) is 2. The summed E-state index contributed by atoms with van der Waals surface area (Å²) < 4.78 is 7.48. The molecule has 1 aromatic carbocycles. The van der Waals surface area contributed by atoms with Crippen molar-refractivity contribution in [2.45, 2.75) is 25.9 Å². The van der Waals surface area contributed by atoms with Gasteiger partial charge in [0.15, 0.2) is 5.11 Å². The molecule has 2 N–H and O–H groups in total. The number of carboxylic acid groups (broad SMARTS) is 1. The van der Waals surface area contributed by atoms with E-state index in [-0.39, 0.29) is 17.6 Å². The van der Waals surface area contributed by atoms with E-state index in [9.17, 15) is 9.90 Å². The minimum atomic E-state index is -0.935. The standard InChI is InChI=1S/C24H26N4O3S/c1-15-14-19(16(2)28(15)18-9-7-17(8-10-18)23(29)30)22-21(20-6-4-5-11-25-20)26-24(32)27(22)12-13-31-3/h4-11,14,21-22H,12-13H2,1-3H3,(H,26,32)(H,29,30)/t21-,22-/m0/s1. The zero-order valence-electron chi connectivity index (χ0n) is 18.3. The second-order valence-corrected chi connectivity index (χ2v) is 8.21. The maximum Gasteiger partial charge on any atom is 0.335 e. The number of aromatic carboxylic acids is 1. The number of aromatic nitrogens is 2. The number of thiocarbonyl (C=S) groups is 1. The summed E-state index contributed by atoms with van der Waals surface area (Å²) in [6.07, 6.45) is 1.79. The smallest absolute Gasteiger partial charge is 0.335 e. The first-order valence-electron chi connectivity index (χ1n) is 10.4. The number of hydrogen-bond acceptors (Lipinski definition) is 4. The zero-order chi connectivity index (χ0) is 22.8. The topological polar surface area (TPSA) is 79.6 Å². The molecule has 0 aliphatic carbocycles. The Bertz CT molecular complexity index is 1130. The third-order valence-corrected chi connectivity index (χ3v) is 6.25. The van der Waals surface area contributed by atoms with Crippen molar-refractivity contribution in [2.75, 3.05) is 20.3 Å². The Balaban J connectivity index is 1.79. The van der Waals surface area contributed by atoms with Crippen LogP contribution in [0.4, 0.5) is 0 Å². The van der Waals surface area contributed by atoms with E-state index < -0.39 is 5.97 Å². The predicted octanol–water partition coefficient (Wildman–Crippen LogP) is 3.81. The van der Waals surface area contributed by atoms with Crippen molar-refractivity contribution in [1.29, 1.82) is 0 Å². The molecule has 7 nitrogen and oxygen atoms in total. The van der Waals surface area contributed by atoms with Crippen LogP contribution < -0.4 is 5.32 Å². The van der Waals surface area contributed by atoms with E-state index in [4.69, 9.17) is 17.0 Å². The number of nitrogens with zero attached hydrogens (tertiary/aromatic N) is 3. The molecule has 3 heterocycles. The number of carboxylic acids is 1. The third kappa shape index (κ3) is 3.99. The van der Waals surface area contributed by atoms with Crippen molar-refractivity contribution in [3.05, 3.63) is 82.9 Å². The Kier molecular flexibility index (Phi) is 6.25. The van der Waals surface area contributed by atoms with E-state index in [0.717, 1.165) is 28.3 Å². The zero-order valence-corrected chi connectivity index (χ0v) is 19.1. The van der Waals surface area contributed by atoms with Gasteiger partial charge in [-0.2, -0.15) is 0 Å². The molecule has 0 bridgehead atoms. The van der Waals surface area contributed by atoms with Crippen LogP contribution in [0, 0.1) is 13.8 Å². The highest BCUT2D eigenvalue weighted by Crippen LogP contribution is 2.41. The molecule has 0 unspecified atom stereocenters. The number of methoxy groups -OCH3 is 1. The van der Waals surface area contributed by atoms with Crippen LogP contribution in [0.2, 0.25) is 0 Å². The van der Waals surface area contributed by atoms with E-state index >= 15 is 0 Å². The second kappa shape index (κ2) is 9.10. The van der Waals surface area contributed by atoms with E-state index in [2.05, 4.69) is 39.7 Å². The summed E-state index contributed by atoms with van der Waals surface area (Å²) >= 11 is 5.69. The van der Waals surface area contributed by atoms with Crippen LogP contribution >= 0.6 is 12.2 Å². The highest BCUT2D eigenvalue weighted by molar-refractivity contribution is 7.80. The number of aryl methyl sites for hydroxylation is 1. The van der Waals surface area contributed by atoms with E-state index in [1.807, 2.05) is 30.3 Å². The lowest BCUT2D eigenvalue weighted by molar-refractivity contribution is 0.0697. The largest absolute Gasteiger partial charge is 0.478 e. The van der Waals surface area contributed by atoms with Crippen molar-refractivity contribution in [3.8, 4) is 5.69 Å². The predicted molar refractivity (Wildman–Crippen MR) is 126 cm³/mol. The minimum absolute atomic E-state index is 0.0502. The quantitative estimate of drug-likeness (QED) is 0.530. The Morgan fingerprint density at radius 3 is 2.59 bits per heavy atom. The molecule has 32 heavy (non-hydrogen) atoms. The highest BCUT2D eigenvalue weighted by atomic mass is 32.1. The molecule has 0 amide bonds. The molecule has 1 saturated heterocycles. The Labute approximate surface area is 192 Å². The summed E-state index contributed by atoms with van der Waals surface area (Å²) in [5.41, 5.74) is 5.39. The van der Waals surface area contributed by atoms with Gasteiger partial charge in [-0.1, -0.05) is 6.07 Å². The fourth-order valence-corrected chi connectivity index (χ4v) is 4.74. The van der Waals surface area contributed by atoms with E-state index in [1.165, 1.54) is 0 Å². The average Bonchev–Trinajstić information content (AvgIpc) is 3.27. The number of carbonyl (C=O) groups is 1. The van der Waals surface area contributed by atoms with Gasteiger partial charge in [0, 0.05) is 36.9 Å². The van der Waals surface area contributed by atoms with Crippen LogP contribution in [0.5, 0.6) is 0 Å². The Morgan fingerprint density at radius 2 is 1.97 bits per heavy atom. The van der Waals surface area contributed by atoms with Crippen molar-refractivity contribution in [2.24, 2.45) is 0 Å². The number of nitrogens with one attached hydrogen (secondary N) is 1. The van der Waals surface area contributed by atoms with Crippen molar-refractivity contribution in [1.82, 2.24) is 19.8 Å². The summed E-state index contributed by atoms with van der Waals surface area (Å²) in [6, 6.07) is 14.9. The molecular formula is C24H26N4O3S. The van der Waals surface area contributed by atoms with Gasteiger partial charge in [-0.3, -0.25) is 4.98 Å². The first kappa shape index (κ1) is 22.0. The number of pyridine rings is 1. The summed E-state index contributed by atoms with van der Waals surface area (Å²) in [4.78, 5) is 18.0. The summed E-state index contributed by atoms with van der Waals surface area (Å²) in [5.74, 6) is -0.935. The van der Waals surface area contributed by atoms with Crippen molar-refractivity contribution >= 4 is 23.3 Å². The average molecular weight is 451 g/mol. The van der Waals surface area contributed by atoms with Crippen LogP contribution in [-0.4, -0.2) is 50.9 Å². The lowest BCUT2D eigenvalue weighted by atomic mass is 9.97. The van der Waals surface area contributed by atoms with Gasteiger partial charge in [-0.05, 0) is 74.1 Å². The van der Waals surface area contributed by atoms with Gasteiger partial charge in [-0.25, -0.2) is 4.79 Å². The van der Waals surface area contributed by atoms with Crippen LogP contribution in [0.15, 0.2) is 54.7 Å². The lowest BCUT2D eigenvalue weighted by Crippen LogP contribution is -2.32. The molecule has 4 rings (SSSR count). The number of rotatable bonds is 7. The van der Waals surface area contributed by atoms with Gasteiger partial charge in [0.1, 0.15) is 0 Å². The SMILES string of the molecule is COCCN1C(=S)N[C@@H](c2ccccn2)[C@@H]1c1cc(C)n(-c2ccc(C(=O)O)cc2)c1C. The lowest BCUT2D eigenvalue weighted by Gasteiger charge is -2.28. The molecule has 0 saturated carbocycles. The molecule has 1 aliphatic heterocycles. The van der Waals surface area contributed by atoms with E-state index in [1.54, 1.807) is 25.4 Å². The molecule has 2 aromatic heterocycles. The first-order valence-corrected chi connectivity index (χ1v) is 10.8. The van der Waals surface area contributed by atoms with Crippen LogP contribution in [0.3, 0.4) is 0 Å². The number of benzene rings is 1. The first-order chi connectivity index (χ1) is 15.4. The normalized spacial score (nSPS) is 18.1. The molecule has 2 atom stereocenters. The monoisotopic (exact) mass is 450 g/mol. The maximum atomic E-state index is 11.2. The van der Waals surface area contributed by atoms with Crippen LogP contribution in [-0.2, 0) is 4.74 Å². The molecule has 1 aliphatic rings. The van der Waals surface area contributed by atoms with Crippen LogP contribution in [0.25, 0.3) is 5.69 Å². The molecule has 3 aromatic rings. The molecular weight excluding hydrogens is 424 g/mol. The molecule has 0 spiro atoms. The van der Waals surface area contributed by atoms with E-state index in [0.29, 0.717) is 18.3 Å². The fraction of sp³-hybridized carbons (Fsp3) is 0.292. The number of ether oxygens (including phenoxy) is 1. The minimum Gasteiger partial charge on any atom is -0.478 e. The second-order valence-electron chi connectivity index (χ2n) is 7.83. The van der Waals surface area contributed by atoms with Gasteiger partial charge < -0.3 is 24.6 Å². The van der Waals surface area contributed by atoms with Gasteiger partial charge >= 0.3 is 5.97 Å². The third-order valence-electron chi connectivity index (χ3n) is 5.90. The highest BCUT2D eigenvalue weighted by Gasteiger charge is 2.41. The van der Waals surface area contributed by atoms with Gasteiger partial charge in [0.05, 0.1) is 29.9 Å². The summed E-state index contributed by atoms with van der Waals surface area (Å²) in [6.45, 7) is 5.35. The van der Waals surface area contributed by atoms with Gasteiger partial charge in [-0.15, -0.1) is 0 Å². The van der Waals surface area contributed by atoms with Crippen molar-refractivity contribution < 1.29 is 14.6 Å². The molecule has 166 valence electrons. The van der Waals surface area contributed by atoms with Crippen molar-refractivity contribution in [3.63, 3.8) is 0 Å². The van der Waals surface area contributed by atoms with Crippen LogP contribution in [0.1, 0.15) is 45.1 Å². The fourth-order valence-electron chi connectivity index (χ4n) is 4.41. The van der Waals surface area contributed by atoms with Gasteiger partial charge in [0.2, 0.25) is 0 Å². The molecule has 1 fully saturated rings. The summed E-state index contributed by atoms with van der Waals surface area (Å²) in [5, 5.41) is 13.4. The molecule has 8 heteroatoms. The molecule has 0 radical (unpaired) electrons. The maximum absolute atomic E-state index is 11.2. The summed E-state index contributed by atoms with van der Waals surface area (Å²) in [7, 11) is 1.68. The van der Waals surface area contributed by atoms with Gasteiger partial charge in [0.25, 0.3) is 0 Å². The Morgan fingerprint density at radius 1 is 1.22 bits per heavy atom.